The van der Waals surface area contributed by atoms with Crippen molar-refractivity contribution in [1.29, 1.82) is 0 Å². The van der Waals surface area contributed by atoms with Gasteiger partial charge in [0.15, 0.2) is 0 Å². The molecule has 0 aromatic heterocycles. The van der Waals surface area contributed by atoms with Crippen LogP contribution in [0.4, 0.5) is 0 Å². The normalized spacial score (nSPS) is 20.4. The second-order valence-electron chi connectivity index (χ2n) is 4.41. The van der Waals surface area contributed by atoms with Crippen molar-refractivity contribution in [2.24, 2.45) is 0 Å². The molecule has 1 aromatic rings. The van der Waals surface area contributed by atoms with Crippen LogP contribution in [0.2, 0.25) is 0 Å². The summed E-state index contributed by atoms with van der Waals surface area (Å²) in [5, 5.41) is 10.3. The molecule has 1 aromatic carbocycles. The van der Waals surface area contributed by atoms with Crippen LogP contribution in [0.25, 0.3) is 0 Å². The Kier molecular flexibility index (Phi) is 5.92. The van der Waals surface area contributed by atoms with E-state index in [9.17, 15) is 5.11 Å². The SMILES string of the molecule is CC(C(O)c1ccccc1)[NH+]1CCOCC1.[Cl-]. The number of aliphatic hydroxyl groups excluding tert-OH is 1. The summed E-state index contributed by atoms with van der Waals surface area (Å²) < 4.78 is 5.33. The van der Waals surface area contributed by atoms with Crippen LogP contribution >= 0.6 is 0 Å². The Morgan fingerprint density at radius 2 is 1.76 bits per heavy atom. The van der Waals surface area contributed by atoms with Crippen molar-refractivity contribution >= 4 is 0 Å². The number of halogens is 1. The number of aliphatic hydroxyl groups is 1. The van der Waals surface area contributed by atoms with Gasteiger partial charge in [-0.05, 0) is 12.5 Å². The van der Waals surface area contributed by atoms with Crippen LogP contribution in [-0.4, -0.2) is 37.5 Å². The highest BCUT2D eigenvalue weighted by atomic mass is 35.5. The second-order valence-corrected chi connectivity index (χ2v) is 4.41. The lowest BCUT2D eigenvalue weighted by Gasteiger charge is -2.32. The minimum atomic E-state index is -0.380. The molecule has 3 nitrogen and oxygen atoms in total. The molecule has 0 radical (unpaired) electrons. The minimum absolute atomic E-state index is 0. The smallest absolute Gasteiger partial charge is 0.130 e. The quantitative estimate of drug-likeness (QED) is 0.607. The molecule has 4 heteroatoms. The molecule has 1 heterocycles. The van der Waals surface area contributed by atoms with Gasteiger partial charge >= 0.3 is 0 Å². The number of hydrogen-bond donors (Lipinski definition) is 2. The van der Waals surface area contributed by atoms with Gasteiger partial charge in [-0.2, -0.15) is 0 Å². The van der Waals surface area contributed by atoms with Crippen molar-refractivity contribution in [2.45, 2.75) is 19.1 Å². The molecule has 2 atom stereocenters. The first kappa shape index (κ1) is 14.5. The molecular formula is C13H20ClNO2. The lowest BCUT2D eigenvalue weighted by molar-refractivity contribution is -0.935. The highest BCUT2D eigenvalue weighted by Crippen LogP contribution is 2.14. The van der Waals surface area contributed by atoms with Crippen LogP contribution in [-0.2, 0) is 4.74 Å². The molecule has 2 rings (SSSR count). The van der Waals surface area contributed by atoms with Crippen molar-refractivity contribution < 1.29 is 27.2 Å². The summed E-state index contributed by atoms with van der Waals surface area (Å²) in [6.45, 7) is 5.71. The summed E-state index contributed by atoms with van der Waals surface area (Å²) in [6.07, 6.45) is -0.380. The summed E-state index contributed by atoms with van der Waals surface area (Å²) in [7, 11) is 0. The topological polar surface area (TPSA) is 33.9 Å². The fourth-order valence-corrected chi connectivity index (χ4v) is 2.25. The van der Waals surface area contributed by atoms with Gasteiger partial charge < -0.3 is 27.2 Å². The Labute approximate surface area is 109 Å². The minimum Gasteiger partial charge on any atom is -1.00 e. The van der Waals surface area contributed by atoms with Gasteiger partial charge in [-0.15, -0.1) is 0 Å². The molecule has 0 spiro atoms. The predicted molar refractivity (Wildman–Crippen MR) is 62.4 cm³/mol. The largest absolute Gasteiger partial charge is 1.00 e. The maximum Gasteiger partial charge on any atom is 0.130 e. The van der Waals surface area contributed by atoms with E-state index in [0.717, 1.165) is 31.9 Å². The Bertz CT molecular complexity index is 314. The van der Waals surface area contributed by atoms with Gasteiger partial charge in [0.05, 0.1) is 13.2 Å². The average Bonchev–Trinajstić information content (AvgIpc) is 2.39. The second kappa shape index (κ2) is 6.97. The fraction of sp³-hybridized carbons (Fsp3) is 0.538. The van der Waals surface area contributed by atoms with E-state index >= 15 is 0 Å². The van der Waals surface area contributed by atoms with Crippen molar-refractivity contribution in [1.82, 2.24) is 0 Å². The van der Waals surface area contributed by atoms with Gasteiger partial charge in [0, 0.05) is 0 Å². The molecule has 1 saturated heterocycles. The number of benzene rings is 1. The van der Waals surface area contributed by atoms with Gasteiger partial charge in [0.2, 0.25) is 0 Å². The van der Waals surface area contributed by atoms with E-state index in [4.69, 9.17) is 4.74 Å². The summed E-state index contributed by atoms with van der Waals surface area (Å²) in [5.74, 6) is 0. The predicted octanol–water partition coefficient (Wildman–Crippen LogP) is -2.97. The summed E-state index contributed by atoms with van der Waals surface area (Å²) in [4.78, 5) is 1.43. The molecule has 17 heavy (non-hydrogen) atoms. The zero-order valence-corrected chi connectivity index (χ0v) is 10.9. The molecule has 1 aliphatic heterocycles. The zero-order valence-electron chi connectivity index (χ0n) is 10.1. The van der Waals surface area contributed by atoms with Crippen molar-refractivity contribution in [3.05, 3.63) is 35.9 Å². The third-order valence-corrected chi connectivity index (χ3v) is 3.39. The molecule has 1 aliphatic rings. The standard InChI is InChI=1S/C13H19NO2.ClH/c1-11(14-7-9-16-10-8-14)13(15)12-5-3-2-4-6-12;/h2-6,11,13,15H,7-10H2,1H3;1H. The summed E-state index contributed by atoms with van der Waals surface area (Å²) >= 11 is 0. The Balaban J connectivity index is 0.00000144. The number of nitrogens with one attached hydrogen (secondary N) is 1. The van der Waals surface area contributed by atoms with Gasteiger partial charge in [0.1, 0.15) is 25.2 Å². The number of morpholine rings is 1. The number of quaternary nitrogens is 1. The van der Waals surface area contributed by atoms with Crippen LogP contribution in [0.5, 0.6) is 0 Å². The van der Waals surface area contributed by atoms with E-state index in [1.54, 1.807) is 0 Å². The average molecular weight is 258 g/mol. The molecule has 0 saturated carbocycles. The fourth-order valence-electron chi connectivity index (χ4n) is 2.25. The monoisotopic (exact) mass is 257 g/mol. The molecule has 0 amide bonds. The molecular weight excluding hydrogens is 238 g/mol. The van der Waals surface area contributed by atoms with E-state index in [2.05, 4.69) is 6.92 Å². The molecule has 1 fully saturated rings. The van der Waals surface area contributed by atoms with Crippen molar-refractivity contribution in [2.75, 3.05) is 26.3 Å². The van der Waals surface area contributed by atoms with E-state index in [-0.39, 0.29) is 24.6 Å². The van der Waals surface area contributed by atoms with Crippen LogP contribution < -0.4 is 17.3 Å². The number of hydrogen-bond acceptors (Lipinski definition) is 2. The van der Waals surface area contributed by atoms with E-state index in [1.165, 1.54) is 4.90 Å². The number of rotatable bonds is 3. The van der Waals surface area contributed by atoms with Gasteiger partial charge in [-0.3, -0.25) is 0 Å². The highest BCUT2D eigenvalue weighted by molar-refractivity contribution is 5.17. The number of ether oxygens (including phenoxy) is 1. The molecule has 0 bridgehead atoms. The Morgan fingerprint density at radius 1 is 1.18 bits per heavy atom. The van der Waals surface area contributed by atoms with Crippen molar-refractivity contribution in [3.63, 3.8) is 0 Å². The first-order valence-corrected chi connectivity index (χ1v) is 5.94. The first-order chi connectivity index (χ1) is 7.79. The molecule has 96 valence electrons. The van der Waals surface area contributed by atoms with E-state index in [0.29, 0.717) is 0 Å². The first-order valence-electron chi connectivity index (χ1n) is 5.94. The van der Waals surface area contributed by atoms with Gasteiger partial charge in [-0.1, -0.05) is 30.3 Å². The third kappa shape index (κ3) is 3.68. The zero-order chi connectivity index (χ0) is 11.4. The van der Waals surface area contributed by atoms with Crippen LogP contribution in [0, 0.1) is 0 Å². The molecule has 0 aliphatic carbocycles. The van der Waals surface area contributed by atoms with Gasteiger partial charge in [0.25, 0.3) is 0 Å². The maximum absolute atomic E-state index is 10.3. The Morgan fingerprint density at radius 3 is 2.35 bits per heavy atom. The Hall–Kier alpha value is -0.610. The van der Waals surface area contributed by atoms with E-state index < -0.39 is 0 Å². The van der Waals surface area contributed by atoms with Crippen molar-refractivity contribution in [3.8, 4) is 0 Å². The van der Waals surface area contributed by atoms with Crippen LogP contribution in [0.3, 0.4) is 0 Å². The van der Waals surface area contributed by atoms with E-state index in [1.807, 2.05) is 30.3 Å². The lowest BCUT2D eigenvalue weighted by Crippen LogP contribution is -3.17. The summed E-state index contributed by atoms with van der Waals surface area (Å²) in [5.41, 5.74) is 1.01. The van der Waals surface area contributed by atoms with Crippen LogP contribution in [0.1, 0.15) is 18.6 Å². The summed E-state index contributed by atoms with van der Waals surface area (Å²) in [6, 6.07) is 10.1. The van der Waals surface area contributed by atoms with Crippen LogP contribution in [0.15, 0.2) is 30.3 Å². The van der Waals surface area contributed by atoms with Gasteiger partial charge in [-0.25, -0.2) is 0 Å². The molecule has 2 N–H and O–H groups in total. The maximum atomic E-state index is 10.3. The lowest BCUT2D eigenvalue weighted by atomic mass is 10.0. The molecule has 2 unspecified atom stereocenters. The highest BCUT2D eigenvalue weighted by Gasteiger charge is 2.27. The third-order valence-electron chi connectivity index (χ3n) is 3.39.